The molecule has 7 nitrogen and oxygen atoms in total. The van der Waals surface area contributed by atoms with Crippen LogP contribution in [-0.2, 0) is 0 Å². The number of nitrogens with zero attached hydrogens (tertiary/aromatic N) is 6. The molecule has 0 aliphatic heterocycles. The summed E-state index contributed by atoms with van der Waals surface area (Å²) in [5.41, 5.74) is 2.98. The van der Waals surface area contributed by atoms with E-state index in [2.05, 4.69) is 32.9 Å². The highest BCUT2D eigenvalue weighted by Crippen LogP contribution is 2.35. The maximum atomic E-state index is 4.58. The third-order valence-corrected chi connectivity index (χ3v) is 4.09. The highest BCUT2D eigenvalue weighted by molar-refractivity contribution is 5.49. The van der Waals surface area contributed by atoms with E-state index in [-0.39, 0.29) is 6.04 Å². The van der Waals surface area contributed by atoms with Crippen LogP contribution in [0.1, 0.15) is 43.4 Å². The van der Waals surface area contributed by atoms with Gasteiger partial charge in [0.15, 0.2) is 5.82 Å². The van der Waals surface area contributed by atoms with Crippen LogP contribution in [0.15, 0.2) is 36.5 Å². The molecular weight excluding hydrogens is 290 g/mol. The van der Waals surface area contributed by atoms with Crippen molar-refractivity contribution in [2.75, 3.05) is 5.32 Å². The van der Waals surface area contributed by atoms with Gasteiger partial charge in [0.2, 0.25) is 0 Å². The summed E-state index contributed by atoms with van der Waals surface area (Å²) in [5.74, 6) is 0.874. The molecule has 1 saturated carbocycles. The van der Waals surface area contributed by atoms with E-state index in [9.17, 15) is 0 Å². The maximum absolute atomic E-state index is 4.58. The first-order valence-corrected chi connectivity index (χ1v) is 7.88. The summed E-state index contributed by atoms with van der Waals surface area (Å²) in [6.07, 6.45) is 4.33. The number of hydrogen-bond donors (Lipinski definition) is 1. The van der Waals surface area contributed by atoms with Crippen LogP contribution in [0, 0.1) is 6.92 Å². The van der Waals surface area contributed by atoms with Gasteiger partial charge in [-0.1, -0.05) is 18.2 Å². The molecule has 7 heteroatoms. The molecule has 0 amide bonds. The standard InChI is InChI=1S/C16H19N7/c1-11-15(10-22(19-11)13-6-4-3-5-7-13)17-12(2)16-18-20-21-23(16)14-8-9-14/h3-7,10,12,14,17H,8-9H2,1-2H3. The molecule has 0 spiro atoms. The Balaban J connectivity index is 1.57. The van der Waals surface area contributed by atoms with E-state index in [1.54, 1.807) is 0 Å². The van der Waals surface area contributed by atoms with Crippen molar-refractivity contribution >= 4 is 5.69 Å². The minimum atomic E-state index is 0.0257. The quantitative estimate of drug-likeness (QED) is 0.784. The Bertz CT molecular complexity index is 801. The van der Waals surface area contributed by atoms with Gasteiger partial charge in [0.25, 0.3) is 0 Å². The van der Waals surface area contributed by atoms with E-state index in [1.807, 2.05) is 52.8 Å². The first-order chi connectivity index (χ1) is 11.2. The van der Waals surface area contributed by atoms with Crippen molar-refractivity contribution in [3.63, 3.8) is 0 Å². The molecule has 3 aromatic rings. The van der Waals surface area contributed by atoms with Gasteiger partial charge in [-0.15, -0.1) is 5.10 Å². The summed E-state index contributed by atoms with van der Waals surface area (Å²) >= 11 is 0. The molecule has 1 atom stereocenters. The van der Waals surface area contributed by atoms with Gasteiger partial charge in [-0.25, -0.2) is 9.36 Å². The molecule has 1 aromatic carbocycles. The van der Waals surface area contributed by atoms with Crippen LogP contribution in [0.5, 0.6) is 0 Å². The fourth-order valence-electron chi connectivity index (χ4n) is 2.68. The minimum Gasteiger partial charge on any atom is -0.373 e. The number of rotatable bonds is 5. The number of para-hydroxylation sites is 1. The molecule has 2 aromatic heterocycles. The van der Waals surface area contributed by atoms with E-state index >= 15 is 0 Å². The van der Waals surface area contributed by atoms with Crippen molar-refractivity contribution in [2.45, 2.75) is 38.8 Å². The van der Waals surface area contributed by atoms with Crippen LogP contribution < -0.4 is 5.32 Å². The van der Waals surface area contributed by atoms with Crippen molar-refractivity contribution in [3.05, 3.63) is 48.0 Å². The largest absolute Gasteiger partial charge is 0.373 e. The van der Waals surface area contributed by atoms with Crippen LogP contribution in [0.2, 0.25) is 0 Å². The normalized spacial score (nSPS) is 15.6. The summed E-state index contributed by atoms with van der Waals surface area (Å²) in [6.45, 7) is 4.07. The van der Waals surface area contributed by atoms with Gasteiger partial charge in [-0.3, -0.25) is 0 Å². The molecule has 0 radical (unpaired) electrons. The van der Waals surface area contributed by atoms with Crippen molar-refractivity contribution < 1.29 is 0 Å². The summed E-state index contributed by atoms with van der Waals surface area (Å²) in [4.78, 5) is 0. The third kappa shape index (κ3) is 2.69. The van der Waals surface area contributed by atoms with Gasteiger partial charge in [0.1, 0.15) is 0 Å². The number of aryl methyl sites for hydroxylation is 1. The molecule has 1 fully saturated rings. The second-order valence-corrected chi connectivity index (χ2v) is 5.99. The highest BCUT2D eigenvalue weighted by atomic mass is 15.6. The summed E-state index contributed by atoms with van der Waals surface area (Å²) in [6, 6.07) is 10.6. The Morgan fingerprint density at radius 3 is 2.74 bits per heavy atom. The van der Waals surface area contributed by atoms with Gasteiger partial charge < -0.3 is 5.32 Å². The van der Waals surface area contributed by atoms with Crippen LogP contribution in [0.25, 0.3) is 5.69 Å². The van der Waals surface area contributed by atoms with Gasteiger partial charge in [0, 0.05) is 0 Å². The fourth-order valence-corrected chi connectivity index (χ4v) is 2.68. The van der Waals surface area contributed by atoms with E-state index in [1.165, 1.54) is 0 Å². The van der Waals surface area contributed by atoms with Crippen molar-refractivity contribution in [1.29, 1.82) is 0 Å². The Morgan fingerprint density at radius 1 is 1.22 bits per heavy atom. The molecule has 4 rings (SSSR count). The lowest BCUT2D eigenvalue weighted by Gasteiger charge is -2.13. The molecule has 0 saturated heterocycles. The zero-order valence-corrected chi connectivity index (χ0v) is 13.2. The Kier molecular flexibility index (Phi) is 3.33. The molecule has 1 aliphatic rings. The number of benzene rings is 1. The van der Waals surface area contributed by atoms with Crippen molar-refractivity contribution in [3.8, 4) is 5.69 Å². The smallest absolute Gasteiger partial charge is 0.173 e. The first-order valence-electron chi connectivity index (χ1n) is 7.88. The second-order valence-electron chi connectivity index (χ2n) is 5.99. The molecule has 1 unspecified atom stereocenters. The number of hydrogen-bond acceptors (Lipinski definition) is 5. The van der Waals surface area contributed by atoms with Gasteiger partial charge in [-0.05, 0) is 49.2 Å². The van der Waals surface area contributed by atoms with E-state index in [0.29, 0.717) is 6.04 Å². The van der Waals surface area contributed by atoms with Gasteiger partial charge in [0.05, 0.1) is 35.3 Å². The number of aromatic nitrogens is 6. The highest BCUT2D eigenvalue weighted by Gasteiger charge is 2.29. The van der Waals surface area contributed by atoms with Gasteiger partial charge >= 0.3 is 0 Å². The van der Waals surface area contributed by atoms with Crippen LogP contribution >= 0.6 is 0 Å². The summed E-state index contributed by atoms with van der Waals surface area (Å²) in [7, 11) is 0. The lowest BCUT2D eigenvalue weighted by Crippen LogP contribution is -2.14. The third-order valence-electron chi connectivity index (χ3n) is 4.09. The predicted molar refractivity (Wildman–Crippen MR) is 86.4 cm³/mol. The predicted octanol–water partition coefficient (Wildman–Crippen LogP) is 2.68. The number of nitrogens with one attached hydrogen (secondary N) is 1. The fraction of sp³-hybridized carbons (Fsp3) is 0.375. The molecule has 118 valence electrons. The summed E-state index contributed by atoms with van der Waals surface area (Å²) < 4.78 is 3.82. The molecule has 1 N–H and O–H groups in total. The second kappa shape index (κ2) is 5.49. The monoisotopic (exact) mass is 309 g/mol. The topological polar surface area (TPSA) is 73.5 Å². The molecule has 1 aliphatic carbocycles. The minimum absolute atomic E-state index is 0.0257. The van der Waals surface area contributed by atoms with Crippen LogP contribution in [0.3, 0.4) is 0 Å². The molecule has 0 bridgehead atoms. The number of anilines is 1. The average Bonchev–Trinajstić information content (AvgIpc) is 3.18. The Morgan fingerprint density at radius 2 is 2.00 bits per heavy atom. The van der Waals surface area contributed by atoms with Crippen LogP contribution in [0.4, 0.5) is 5.69 Å². The van der Waals surface area contributed by atoms with E-state index in [0.717, 1.165) is 35.7 Å². The Hall–Kier alpha value is -2.70. The first kappa shape index (κ1) is 13.9. The molecule has 2 heterocycles. The molecule has 23 heavy (non-hydrogen) atoms. The van der Waals surface area contributed by atoms with E-state index in [4.69, 9.17) is 0 Å². The SMILES string of the molecule is Cc1nn(-c2ccccc2)cc1NC(C)c1nnnn1C1CC1. The van der Waals surface area contributed by atoms with Crippen molar-refractivity contribution in [2.24, 2.45) is 0 Å². The number of tetrazole rings is 1. The Labute approximate surface area is 134 Å². The van der Waals surface area contributed by atoms with Crippen molar-refractivity contribution in [1.82, 2.24) is 30.0 Å². The average molecular weight is 309 g/mol. The van der Waals surface area contributed by atoms with E-state index < -0.39 is 0 Å². The van der Waals surface area contributed by atoms with Crippen LogP contribution in [-0.4, -0.2) is 30.0 Å². The van der Waals surface area contributed by atoms with Gasteiger partial charge in [-0.2, -0.15) is 5.10 Å². The molecular formula is C16H19N7. The lowest BCUT2D eigenvalue weighted by molar-refractivity contribution is 0.567. The maximum Gasteiger partial charge on any atom is 0.173 e. The zero-order valence-electron chi connectivity index (χ0n) is 13.2. The lowest BCUT2D eigenvalue weighted by atomic mass is 10.3. The zero-order chi connectivity index (χ0) is 15.8. The summed E-state index contributed by atoms with van der Waals surface area (Å²) in [5, 5.41) is 20.2.